The van der Waals surface area contributed by atoms with Crippen LogP contribution in [0, 0.1) is 11.6 Å². The van der Waals surface area contributed by atoms with E-state index >= 15 is 0 Å². The normalized spacial score (nSPS) is 14.6. The van der Waals surface area contributed by atoms with E-state index in [0.29, 0.717) is 41.3 Å². The fraction of sp³-hybridized carbons (Fsp3) is 0.250. The molecule has 0 unspecified atom stereocenters. The van der Waals surface area contributed by atoms with Crippen LogP contribution in [0.1, 0.15) is 21.7 Å². The number of benzene rings is 1. The smallest absolute Gasteiger partial charge is 0.337 e. The van der Waals surface area contributed by atoms with Crippen molar-refractivity contribution in [1.29, 1.82) is 0 Å². The number of alkyl halides is 3. The van der Waals surface area contributed by atoms with Gasteiger partial charge in [-0.2, -0.15) is 18.2 Å². The van der Waals surface area contributed by atoms with Crippen molar-refractivity contribution < 1.29 is 22.0 Å². The first kappa shape index (κ1) is 21.2. The van der Waals surface area contributed by atoms with Crippen LogP contribution in [0.2, 0.25) is 0 Å². The molecule has 0 amide bonds. The molecule has 0 saturated heterocycles. The monoisotopic (exact) mass is 454 g/mol. The maximum Gasteiger partial charge on any atom is 0.425 e. The quantitative estimate of drug-likeness (QED) is 0.551. The third kappa shape index (κ3) is 4.66. The van der Waals surface area contributed by atoms with Gasteiger partial charge in [-0.3, -0.25) is 4.57 Å². The highest BCUT2D eigenvalue weighted by Gasteiger charge is 2.32. The van der Waals surface area contributed by atoms with E-state index in [0.717, 1.165) is 28.3 Å². The fourth-order valence-electron chi connectivity index (χ4n) is 3.20. The first-order chi connectivity index (χ1) is 14.7. The van der Waals surface area contributed by atoms with Crippen LogP contribution < -0.4 is 10.6 Å². The van der Waals surface area contributed by atoms with E-state index in [-0.39, 0.29) is 12.5 Å². The summed E-state index contributed by atoms with van der Waals surface area (Å²) in [7, 11) is 0. The van der Waals surface area contributed by atoms with Crippen LogP contribution >= 0.6 is 11.3 Å². The Balaban J connectivity index is 1.46. The second-order valence-corrected chi connectivity index (χ2v) is 8.05. The molecule has 1 aliphatic heterocycles. The molecule has 31 heavy (non-hydrogen) atoms. The minimum Gasteiger partial charge on any atom is -0.337 e. The lowest BCUT2D eigenvalue weighted by molar-refractivity contribution is -0.134. The van der Waals surface area contributed by atoms with Crippen LogP contribution in [0.5, 0.6) is 0 Å². The molecular weight excluding hydrogens is 439 g/mol. The Morgan fingerprint density at radius 3 is 2.52 bits per heavy atom. The second-order valence-electron chi connectivity index (χ2n) is 6.88. The average Bonchev–Trinajstić information content (AvgIpc) is 3.21. The molecule has 0 aliphatic carbocycles. The summed E-state index contributed by atoms with van der Waals surface area (Å²) in [6.07, 6.45) is -0.816. The third-order valence-electron chi connectivity index (χ3n) is 4.80. The van der Waals surface area contributed by atoms with E-state index in [1.54, 1.807) is 4.90 Å². The third-order valence-corrected chi connectivity index (χ3v) is 5.92. The Morgan fingerprint density at radius 1 is 1.10 bits per heavy atom. The summed E-state index contributed by atoms with van der Waals surface area (Å²) in [4.78, 5) is 21.8. The lowest BCUT2D eigenvalue weighted by Crippen LogP contribution is -2.33. The van der Waals surface area contributed by atoms with Crippen molar-refractivity contribution in [2.24, 2.45) is 0 Å². The van der Waals surface area contributed by atoms with Crippen LogP contribution in [0.4, 0.5) is 27.9 Å². The highest BCUT2D eigenvalue weighted by Crippen LogP contribution is 2.34. The van der Waals surface area contributed by atoms with Crippen molar-refractivity contribution in [3.63, 3.8) is 0 Å². The largest absolute Gasteiger partial charge is 0.425 e. The predicted molar refractivity (Wildman–Crippen MR) is 106 cm³/mol. The van der Waals surface area contributed by atoms with Crippen molar-refractivity contribution in [2.45, 2.75) is 19.1 Å². The van der Waals surface area contributed by atoms with E-state index < -0.39 is 28.4 Å². The molecule has 0 saturated carbocycles. The van der Waals surface area contributed by atoms with Crippen molar-refractivity contribution >= 4 is 22.9 Å². The van der Waals surface area contributed by atoms with Crippen molar-refractivity contribution in [1.82, 2.24) is 14.5 Å². The van der Waals surface area contributed by atoms with Crippen LogP contribution in [0.15, 0.2) is 47.5 Å². The van der Waals surface area contributed by atoms with E-state index in [1.165, 1.54) is 18.5 Å². The number of hydrogen-bond acceptors (Lipinski definition) is 5. The zero-order valence-corrected chi connectivity index (χ0v) is 16.7. The van der Waals surface area contributed by atoms with Gasteiger partial charge in [0.2, 0.25) is 5.95 Å². The van der Waals surface area contributed by atoms with Crippen LogP contribution in [0.3, 0.4) is 0 Å². The number of anilines is 1. The van der Waals surface area contributed by atoms with Gasteiger partial charge in [0, 0.05) is 18.0 Å². The number of thiophene rings is 1. The number of aromatic nitrogens is 3. The van der Waals surface area contributed by atoms with Crippen molar-refractivity contribution in [3.8, 4) is 0 Å². The molecule has 1 aliphatic rings. The topological polar surface area (TPSA) is 51.0 Å². The van der Waals surface area contributed by atoms with Gasteiger partial charge in [0.15, 0.2) is 11.6 Å². The summed E-state index contributed by atoms with van der Waals surface area (Å²) in [6.45, 7) is 0.784. The molecule has 5 nitrogen and oxygen atoms in total. The van der Waals surface area contributed by atoms with Gasteiger partial charge in [-0.05, 0) is 41.8 Å². The maximum absolute atomic E-state index is 13.4. The molecule has 0 atom stereocenters. The Hall–Kier alpha value is -3.08. The van der Waals surface area contributed by atoms with Crippen molar-refractivity contribution in [3.05, 3.63) is 80.2 Å². The zero-order valence-electron chi connectivity index (χ0n) is 15.9. The lowest BCUT2D eigenvalue weighted by Gasteiger charge is -2.26. The number of hydrogen-bond donors (Lipinski definition) is 0. The number of rotatable bonds is 4. The van der Waals surface area contributed by atoms with Crippen LogP contribution in [-0.2, 0) is 12.7 Å². The first-order valence-electron chi connectivity index (χ1n) is 9.19. The van der Waals surface area contributed by atoms with Gasteiger partial charge in [0.1, 0.15) is 11.2 Å². The van der Waals surface area contributed by atoms with Gasteiger partial charge in [-0.25, -0.2) is 18.6 Å². The summed E-state index contributed by atoms with van der Waals surface area (Å²) in [5, 5.41) is 0. The second kappa shape index (κ2) is 8.22. The Labute approximate surface area is 177 Å². The van der Waals surface area contributed by atoms with Gasteiger partial charge in [0.05, 0.1) is 6.54 Å². The maximum atomic E-state index is 13.4. The van der Waals surface area contributed by atoms with E-state index in [2.05, 4.69) is 9.97 Å². The molecule has 0 bridgehead atoms. The average molecular weight is 454 g/mol. The first-order valence-corrected chi connectivity index (χ1v) is 10.0. The molecule has 4 rings (SSSR count). The lowest BCUT2D eigenvalue weighted by atomic mass is 9.99. The summed E-state index contributed by atoms with van der Waals surface area (Å²) in [6, 6.07) is 6.02. The number of halogens is 5. The Kier molecular flexibility index (Phi) is 5.61. The minimum atomic E-state index is -4.42. The molecule has 162 valence electrons. The van der Waals surface area contributed by atoms with Crippen LogP contribution in [0.25, 0.3) is 5.57 Å². The van der Waals surface area contributed by atoms with Crippen molar-refractivity contribution in [2.75, 3.05) is 18.0 Å². The van der Waals surface area contributed by atoms with Gasteiger partial charge in [0.25, 0.3) is 0 Å². The van der Waals surface area contributed by atoms with Gasteiger partial charge < -0.3 is 4.90 Å². The molecule has 0 fully saturated rings. The minimum absolute atomic E-state index is 0.0555. The van der Waals surface area contributed by atoms with Gasteiger partial charge in [-0.15, -0.1) is 11.3 Å². The number of nitrogens with zero attached hydrogens (tertiary/aromatic N) is 4. The molecule has 0 radical (unpaired) electrons. The molecule has 0 N–H and O–H groups in total. The molecular formula is C20H15F5N4OS. The van der Waals surface area contributed by atoms with Gasteiger partial charge >= 0.3 is 11.9 Å². The molecule has 2 aromatic heterocycles. The summed E-state index contributed by atoms with van der Waals surface area (Å²) in [5.41, 5.74) is 0.813. The predicted octanol–water partition coefficient (Wildman–Crippen LogP) is 4.34. The highest BCUT2D eigenvalue weighted by atomic mass is 32.1. The molecule has 3 aromatic rings. The molecule has 0 spiro atoms. The van der Waals surface area contributed by atoms with E-state index in [9.17, 15) is 26.7 Å². The molecule has 3 heterocycles. The van der Waals surface area contributed by atoms with E-state index in [4.69, 9.17) is 0 Å². The summed E-state index contributed by atoms with van der Waals surface area (Å²) < 4.78 is 65.9. The zero-order chi connectivity index (χ0) is 22.2. The standard InChI is InChI=1S/C20H15F5N4OS/c21-15-3-1-13(9-16(15)22)12-5-7-28(8-6-12)18-26-11-29(19(30)27-18)10-14-2-4-17(31-14)20(23,24)25/h1-5,9,11H,6-8,10H2. The summed E-state index contributed by atoms with van der Waals surface area (Å²) in [5.74, 6) is -1.63. The van der Waals surface area contributed by atoms with Crippen LogP contribution in [-0.4, -0.2) is 27.6 Å². The van der Waals surface area contributed by atoms with E-state index in [1.807, 2.05) is 6.08 Å². The fourth-order valence-corrected chi connectivity index (χ4v) is 4.08. The Morgan fingerprint density at radius 2 is 1.90 bits per heavy atom. The summed E-state index contributed by atoms with van der Waals surface area (Å²) >= 11 is 0.567. The molecule has 11 heteroatoms. The molecule has 1 aromatic carbocycles. The highest BCUT2D eigenvalue weighted by molar-refractivity contribution is 7.12. The van der Waals surface area contributed by atoms with Gasteiger partial charge in [-0.1, -0.05) is 12.1 Å². The SMILES string of the molecule is O=c1nc(N2CC=C(c3ccc(F)c(F)c3)CC2)ncn1Cc1ccc(C(F)(F)F)s1. The Bertz CT molecular complexity index is 1200.